The van der Waals surface area contributed by atoms with Gasteiger partial charge in [0.05, 0.1) is 24.7 Å². The van der Waals surface area contributed by atoms with Gasteiger partial charge in [-0.1, -0.05) is 12.1 Å². The largest absolute Gasteiger partial charge is 0.497 e. The minimum absolute atomic E-state index is 0.646. The topological polar surface area (TPSA) is 48.1 Å². The van der Waals surface area contributed by atoms with Crippen LogP contribution in [0, 0.1) is 0 Å². The van der Waals surface area contributed by atoms with Crippen molar-refractivity contribution < 1.29 is 4.74 Å². The van der Waals surface area contributed by atoms with Crippen molar-refractivity contribution in [3.05, 3.63) is 41.6 Å². The number of nitrogens with zero attached hydrogens (tertiary/aromatic N) is 1. The van der Waals surface area contributed by atoms with Gasteiger partial charge in [-0.15, -0.1) is 0 Å². The van der Waals surface area contributed by atoms with Crippen molar-refractivity contribution in [3.8, 4) is 17.0 Å². The van der Waals surface area contributed by atoms with Crippen LogP contribution in [0.2, 0.25) is 0 Å². The van der Waals surface area contributed by atoms with Gasteiger partial charge in [0, 0.05) is 5.56 Å². The molecule has 3 heteroatoms. The number of benzene rings is 1. The van der Waals surface area contributed by atoms with Crippen LogP contribution in [0.4, 0.5) is 5.69 Å². The highest BCUT2D eigenvalue weighted by atomic mass is 16.5. The van der Waals surface area contributed by atoms with E-state index in [-0.39, 0.29) is 0 Å². The predicted octanol–water partition coefficient (Wildman–Crippen LogP) is 3.70. The molecule has 0 radical (unpaired) electrons. The molecule has 2 aliphatic rings. The molecular formula is C17H18N2O. The number of hydrogen-bond acceptors (Lipinski definition) is 3. The van der Waals surface area contributed by atoms with Gasteiger partial charge in [0.15, 0.2) is 0 Å². The van der Waals surface area contributed by atoms with Crippen LogP contribution in [0.15, 0.2) is 30.5 Å². The minimum atomic E-state index is 0.646. The van der Waals surface area contributed by atoms with E-state index in [1.807, 2.05) is 18.3 Å². The Kier molecular flexibility index (Phi) is 2.49. The summed E-state index contributed by atoms with van der Waals surface area (Å²) in [4.78, 5) is 4.63. The molecule has 2 aromatic rings. The van der Waals surface area contributed by atoms with Gasteiger partial charge < -0.3 is 10.5 Å². The summed E-state index contributed by atoms with van der Waals surface area (Å²) in [6.07, 6.45) is 5.64. The van der Waals surface area contributed by atoms with E-state index in [0.717, 1.165) is 22.7 Å². The highest BCUT2D eigenvalue weighted by Gasteiger charge is 2.40. The number of aromatic nitrogens is 1. The molecule has 0 amide bonds. The maximum atomic E-state index is 6.17. The molecule has 102 valence electrons. The number of methoxy groups -OCH3 is 1. The van der Waals surface area contributed by atoms with Gasteiger partial charge in [-0.3, -0.25) is 4.98 Å². The first-order valence-electron chi connectivity index (χ1n) is 7.20. The van der Waals surface area contributed by atoms with Gasteiger partial charge in [-0.2, -0.15) is 0 Å². The summed E-state index contributed by atoms with van der Waals surface area (Å²) >= 11 is 0. The molecule has 2 bridgehead atoms. The summed E-state index contributed by atoms with van der Waals surface area (Å²) in [5.41, 5.74) is 12.0. The summed E-state index contributed by atoms with van der Waals surface area (Å²) in [5.74, 6) is 2.17. The van der Waals surface area contributed by atoms with Crippen LogP contribution in [-0.2, 0) is 0 Å². The van der Waals surface area contributed by atoms with E-state index in [0.29, 0.717) is 11.8 Å². The standard InChI is InChI=1S/C17H18N2O/c1-20-13-4-2-3-12(8-13)17-16-11-6-5-10(7-11)15(16)14(18)9-19-17/h2-4,8-11H,5-7,18H2,1H3. The molecule has 0 aliphatic heterocycles. The van der Waals surface area contributed by atoms with Crippen molar-refractivity contribution in [2.45, 2.75) is 31.1 Å². The maximum Gasteiger partial charge on any atom is 0.119 e. The SMILES string of the molecule is COc1cccc(-c2ncc(N)c3c2C2CCC3C2)c1. The normalized spacial score (nSPS) is 22.9. The number of nitrogen functional groups attached to an aromatic ring is 1. The molecule has 1 aromatic heterocycles. The second-order valence-corrected chi connectivity index (χ2v) is 5.83. The lowest BCUT2D eigenvalue weighted by molar-refractivity contribution is 0.415. The van der Waals surface area contributed by atoms with Crippen LogP contribution < -0.4 is 10.5 Å². The van der Waals surface area contributed by atoms with Gasteiger partial charge in [0.25, 0.3) is 0 Å². The first-order chi connectivity index (χ1) is 9.78. The zero-order valence-corrected chi connectivity index (χ0v) is 11.6. The lowest BCUT2D eigenvalue weighted by atomic mass is 9.88. The van der Waals surface area contributed by atoms with Gasteiger partial charge >= 0.3 is 0 Å². The molecule has 1 saturated carbocycles. The number of nitrogens with two attached hydrogens (primary N) is 1. The zero-order chi connectivity index (χ0) is 13.7. The number of rotatable bonds is 2. The quantitative estimate of drug-likeness (QED) is 0.901. The van der Waals surface area contributed by atoms with E-state index < -0.39 is 0 Å². The van der Waals surface area contributed by atoms with E-state index in [1.54, 1.807) is 7.11 Å². The van der Waals surface area contributed by atoms with Crippen LogP contribution >= 0.6 is 0 Å². The number of pyridine rings is 1. The Morgan fingerprint density at radius 1 is 1.20 bits per heavy atom. The Balaban J connectivity index is 1.92. The van der Waals surface area contributed by atoms with E-state index in [1.165, 1.54) is 30.4 Å². The first-order valence-corrected chi connectivity index (χ1v) is 7.20. The van der Waals surface area contributed by atoms with Crippen molar-refractivity contribution in [2.75, 3.05) is 12.8 Å². The Morgan fingerprint density at radius 2 is 2.00 bits per heavy atom. The third-order valence-electron chi connectivity index (χ3n) is 4.78. The number of fused-ring (bicyclic) bond motifs is 5. The molecule has 1 heterocycles. The van der Waals surface area contributed by atoms with E-state index >= 15 is 0 Å². The molecule has 2 aliphatic carbocycles. The molecule has 2 atom stereocenters. The van der Waals surface area contributed by atoms with Crippen molar-refractivity contribution in [3.63, 3.8) is 0 Å². The van der Waals surface area contributed by atoms with Gasteiger partial charge in [0.2, 0.25) is 0 Å². The van der Waals surface area contributed by atoms with Crippen LogP contribution in [0.5, 0.6) is 5.75 Å². The number of ether oxygens (including phenoxy) is 1. The fraction of sp³-hybridized carbons (Fsp3) is 0.353. The fourth-order valence-corrected chi connectivity index (χ4v) is 3.93. The summed E-state index contributed by atoms with van der Waals surface area (Å²) in [7, 11) is 1.70. The molecule has 3 nitrogen and oxygen atoms in total. The molecular weight excluding hydrogens is 248 g/mol. The van der Waals surface area contributed by atoms with Crippen molar-refractivity contribution in [1.82, 2.24) is 4.98 Å². The third kappa shape index (κ3) is 1.56. The third-order valence-corrected chi connectivity index (χ3v) is 4.78. The minimum Gasteiger partial charge on any atom is -0.497 e. The van der Waals surface area contributed by atoms with Gasteiger partial charge in [-0.05, 0) is 54.4 Å². The highest BCUT2D eigenvalue weighted by molar-refractivity contribution is 5.72. The lowest BCUT2D eigenvalue weighted by Crippen LogP contribution is -2.06. The summed E-state index contributed by atoms with van der Waals surface area (Å²) < 4.78 is 5.33. The van der Waals surface area contributed by atoms with E-state index in [4.69, 9.17) is 10.5 Å². The lowest BCUT2D eigenvalue weighted by Gasteiger charge is -2.20. The van der Waals surface area contributed by atoms with Crippen LogP contribution in [-0.4, -0.2) is 12.1 Å². The molecule has 0 spiro atoms. The van der Waals surface area contributed by atoms with Gasteiger partial charge in [-0.25, -0.2) is 0 Å². The van der Waals surface area contributed by atoms with E-state index in [2.05, 4.69) is 17.1 Å². The van der Waals surface area contributed by atoms with Crippen LogP contribution in [0.25, 0.3) is 11.3 Å². The maximum absolute atomic E-state index is 6.17. The van der Waals surface area contributed by atoms with Crippen molar-refractivity contribution in [2.24, 2.45) is 0 Å². The molecule has 1 fully saturated rings. The first kappa shape index (κ1) is 11.8. The van der Waals surface area contributed by atoms with Crippen molar-refractivity contribution >= 4 is 5.69 Å². The molecule has 4 rings (SSSR count). The second kappa shape index (κ2) is 4.23. The Labute approximate surface area is 118 Å². The molecule has 20 heavy (non-hydrogen) atoms. The fourth-order valence-electron chi connectivity index (χ4n) is 3.93. The molecule has 0 saturated heterocycles. The summed E-state index contributed by atoms with van der Waals surface area (Å²) in [5, 5.41) is 0. The smallest absolute Gasteiger partial charge is 0.119 e. The number of hydrogen-bond donors (Lipinski definition) is 1. The molecule has 1 aromatic carbocycles. The predicted molar refractivity (Wildman–Crippen MR) is 80.0 cm³/mol. The average Bonchev–Trinajstić information content (AvgIpc) is 3.10. The summed E-state index contributed by atoms with van der Waals surface area (Å²) in [6, 6.07) is 8.15. The van der Waals surface area contributed by atoms with Gasteiger partial charge in [0.1, 0.15) is 5.75 Å². The zero-order valence-electron chi connectivity index (χ0n) is 11.6. The second-order valence-electron chi connectivity index (χ2n) is 5.83. The Hall–Kier alpha value is -2.03. The van der Waals surface area contributed by atoms with Crippen molar-refractivity contribution in [1.29, 1.82) is 0 Å². The number of anilines is 1. The highest BCUT2D eigenvalue weighted by Crippen LogP contribution is 2.56. The monoisotopic (exact) mass is 266 g/mol. The summed E-state index contributed by atoms with van der Waals surface area (Å²) in [6.45, 7) is 0. The van der Waals surface area contributed by atoms with E-state index in [9.17, 15) is 0 Å². The Morgan fingerprint density at radius 3 is 2.80 bits per heavy atom. The van der Waals surface area contributed by atoms with Crippen LogP contribution in [0.1, 0.15) is 42.2 Å². The van der Waals surface area contributed by atoms with Crippen LogP contribution in [0.3, 0.4) is 0 Å². The molecule has 2 unspecified atom stereocenters. The average molecular weight is 266 g/mol. The Bertz CT molecular complexity index is 681. The molecule has 2 N–H and O–H groups in total.